The molecule has 0 fully saturated rings. The Hall–Kier alpha value is -1.64. The highest BCUT2D eigenvalue weighted by Gasteiger charge is 2.32. The molecule has 0 unspecified atom stereocenters. The monoisotopic (exact) mass is 404 g/mol. The molecule has 0 radical (unpaired) electrons. The van der Waals surface area contributed by atoms with E-state index in [1.807, 2.05) is 0 Å². The predicted octanol–water partition coefficient (Wildman–Crippen LogP) is 2.10. The van der Waals surface area contributed by atoms with Crippen molar-refractivity contribution in [3.63, 3.8) is 0 Å². The Kier molecular flexibility index (Phi) is 8.05. The van der Waals surface area contributed by atoms with Crippen LogP contribution in [0.2, 0.25) is 5.02 Å². The number of amides is 1. The summed E-state index contributed by atoms with van der Waals surface area (Å²) in [6.45, 7) is 8.33. The van der Waals surface area contributed by atoms with E-state index >= 15 is 0 Å². The lowest BCUT2D eigenvalue weighted by molar-refractivity contribution is -0.157. The summed E-state index contributed by atoms with van der Waals surface area (Å²) in [5.41, 5.74) is 0. The summed E-state index contributed by atoms with van der Waals surface area (Å²) >= 11 is 5.83. The maximum atomic E-state index is 12.5. The number of hydrogen-bond acceptors (Lipinski definition) is 5. The van der Waals surface area contributed by atoms with Gasteiger partial charge in [0.2, 0.25) is 10.0 Å². The fourth-order valence-corrected chi connectivity index (χ4v) is 3.66. The molecule has 1 rings (SSSR count). The van der Waals surface area contributed by atoms with E-state index in [0.717, 1.165) is 0 Å². The second-order valence-corrected chi connectivity index (χ2v) is 8.69. The van der Waals surface area contributed by atoms with Crippen LogP contribution in [0.15, 0.2) is 29.2 Å². The summed E-state index contributed by atoms with van der Waals surface area (Å²) in [5, 5.41) is 2.89. The van der Waals surface area contributed by atoms with Gasteiger partial charge in [-0.05, 0) is 44.9 Å². The van der Waals surface area contributed by atoms with E-state index < -0.39 is 40.0 Å². The van der Waals surface area contributed by atoms with Crippen molar-refractivity contribution in [3.8, 4) is 0 Å². The first kappa shape index (κ1) is 22.4. The minimum Gasteiger partial charge on any atom is -0.451 e. The van der Waals surface area contributed by atoms with Gasteiger partial charge in [0.25, 0.3) is 5.91 Å². The molecule has 0 saturated carbocycles. The van der Waals surface area contributed by atoms with Gasteiger partial charge in [0.15, 0.2) is 6.10 Å². The second kappa shape index (κ2) is 9.34. The van der Waals surface area contributed by atoms with Gasteiger partial charge in [-0.15, -0.1) is 0 Å². The zero-order valence-corrected chi connectivity index (χ0v) is 17.0. The SMILES string of the molecule is CC(C)NC(=O)[C@H](C)OC(=O)[C@@H](NS(=O)(=O)c1cccc(Cl)c1)C(C)C. The molecule has 9 heteroatoms. The van der Waals surface area contributed by atoms with Crippen LogP contribution < -0.4 is 10.0 Å². The van der Waals surface area contributed by atoms with Crippen molar-refractivity contribution >= 4 is 33.5 Å². The molecule has 0 spiro atoms. The summed E-state index contributed by atoms with van der Waals surface area (Å²) in [6, 6.07) is 4.45. The molecule has 2 N–H and O–H groups in total. The second-order valence-electron chi connectivity index (χ2n) is 6.54. The summed E-state index contributed by atoms with van der Waals surface area (Å²) in [6.07, 6.45) is -1.04. The number of carbonyl (C=O) groups is 2. The van der Waals surface area contributed by atoms with Crippen LogP contribution in [0.25, 0.3) is 0 Å². The van der Waals surface area contributed by atoms with E-state index in [-0.39, 0.29) is 16.0 Å². The third-order valence-electron chi connectivity index (χ3n) is 3.40. The summed E-state index contributed by atoms with van der Waals surface area (Å²) in [7, 11) is -3.98. The summed E-state index contributed by atoms with van der Waals surface area (Å²) < 4.78 is 32.5. The Labute approximate surface area is 159 Å². The molecule has 0 heterocycles. The highest BCUT2D eigenvalue weighted by molar-refractivity contribution is 7.89. The van der Waals surface area contributed by atoms with Crippen molar-refractivity contribution in [3.05, 3.63) is 29.3 Å². The van der Waals surface area contributed by atoms with Crippen molar-refractivity contribution in [1.29, 1.82) is 0 Å². The lowest BCUT2D eigenvalue weighted by Gasteiger charge is -2.23. The summed E-state index contributed by atoms with van der Waals surface area (Å²) in [4.78, 5) is 24.2. The van der Waals surface area contributed by atoms with Crippen LogP contribution in [0, 0.1) is 5.92 Å². The fraction of sp³-hybridized carbons (Fsp3) is 0.529. The van der Waals surface area contributed by atoms with Crippen molar-refractivity contribution in [2.24, 2.45) is 5.92 Å². The minimum absolute atomic E-state index is 0.0611. The molecule has 1 aromatic carbocycles. The number of benzene rings is 1. The molecular formula is C17H25ClN2O5S. The number of sulfonamides is 1. The number of hydrogen-bond donors (Lipinski definition) is 2. The van der Waals surface area contributed by atoms with Crippen molar-refractivity contribution < 1.29 is 22.7 Å². The lowest BCUT2D eigenvalue weighted by atomic mass is 10.1. The van der Waals surface area contributed by atoms with Gasteiger partial charge in [-0.25, -0.2) is 8.42 Å². The van der Waals surface area contributed by atoms with E-state index in [1.165, 1.54) is 25.1 Å². The Balaban J connectivity index is 2.91. The van der Waals surface area contributed by atoms with Gasteiger partial charge in [-0.2, -0.15) is 4.72 Å². The molecule has 0 aliphatic rings. The van der Waals surface area contributed by atoms with Gasteiger partial charge < -0.3 is 10.1 Å². The molecular weight excluding hydrogens is 380 g/mol. The molecule has 0 aromatic heterocycles. The number of nitrogens with one attached hydrogen (secondary N) is 2. The zero-order valence-electron chi connectivity index (χ0n) is 15.4. The number of halogens is 1. The van der Waals surface area contributed by atoms with Gasteiger partial charge >= 0.3 is 5.97 Å². The molecule has 0 bridgehead atoms. The topological polar surface area (TPSA) is 102 Å². The van der Waals surface area contributed by atoms with E-state index in [4.69, 9.17) is 16.3 Å². The average Bonchev–Trinajstić information content (AvgIpc) is 2.51. The van der Waals surface area contributed by atoms with E-state index in [2.05, 4.69) is 10.0 Å². The van der Waals surface area contributed by atoms with Gasteiger partial charge in [0.1, 0.15) is 6.04 Å². The highest BCUT2D eigenvalue weighted by Crippen LogP contribution is 2.17. The normalized spacial score (nSPS) is 14.2. The maximum absolute atomic E-state index is 12.5. The molecule has 2 atom stereocenters. The van der Waals surface area contributed by atoms with Crippen molar-refractivity contribution in [1.82, 2.24) is 10.0 Å². The molecule has 1 aromatic rings. The Morgan fingerprint density at radius 3 is 2.23 bits per heavy atom. The third kappa shape index (κ3) is 6.59. The van der Waals surface area contributed by atoms with E-state index in [1.54, 1.807) is 33.8 Å². The van der Waals surface area contributed by atoms with Gasteiger partial charge in [0, 0.05) is 11.1 Å². The molecule has 7 nitrogen and oxygen atoms in total. The van der Waals surface area contributed by atoms with Crippen molar-refractivity contribution in [2.45, 2.75) is 57.7 Å². The van der Waals surface area contributed by atoms with Gasteiger partial charge in [0.05, 0.1) is 4.90 Å². The minimum atomic E-state index is -3.98. The maximum Gasteiger partial charge on any atom is 0.325 e. The number of ether oxygens (including phenoxy) is 1. The Morgan fingerprint density at radius 1 is 1.12 bits per heavy atom. The van der Waals surface area contributed by atoms with Gasteiger partial charge in [-0.1, -0.05) is 31.5 Å². The molecule has 0 aliphatic carbocycles. The quantitative estimate of drug-likeness (QED) is 0.646. The number of carbonyl (C=O) groups excluding carboxylic acids is 2. The summed E-state index contributed by atoms with van der Waals surface area (Å²) in [5.74, 6) is -1.66. The number of rotatable bonds is 8. The van der Waals surface area contributed by atoms with Gasteiger partial charge in [-0.3, -0.25) is 9.59 Å². The zero-order chi connectivity index (χ0) is 20.1. The first-order valence-electron chi connectivity index (χ1n) is 8.22. The molecule has 26 heavy (non-hydrogen) atoms. The third-order valence-corrected chi connectivity index (χ3v) is 5.08. The van der Waals surface area contributed by atoms with Crippen molar-refractivity contribution in [2.75, 3.05) is 0 Å². The van der Waals surface area contributed by atoms with Crippen LogP contribution in [-0.2, 0) is 24.3 Å². The highest BCUT2D eigenvalue weighted by atomic mass is 35.5. The standard InChI is InChI=1S/C17H25ClN2O5S/c1-10(2)15(17(22)25-12(5)16(21)19-11(3)4)20-26(23,24)14-8-6-7-13(18)9-14/h6-12,15,20H,1-5H3,(H,19,21)/t12-,15-/m0/s1. The molecule has 146 valence electrons. The largest absolute Gasteiger partial charge is 0.451 e. The fourth-order valence-electron chi connectivity index (χ4n) is 2.03. The lowest BCUT2D eigenvalue weighted by Crippen LogP contribution is -2.48. The Morgan fingerprint density at radius 2 is 1.73 bits per heavy atom. The van der Waals surface area contributed by atoms with Crippen LogP contribution in [0.4, 0.5) is 0 Å². The van der Waals surface area contributed by atoms with Crippen LogP contribution in [-0.4, -0.2) is 38.5 Å². The van der Waals surface area contributed by atoms with E-state index in [0.29, 0.717) is 0 Å². The van der Waals surface area contributed by atoms with Crippen LogP contribution >= 0.6 is 11.6 Å². The van der Waals surface area contributed by atoms with Crippen LogP contribution in [0.1, 0.15) is 34.6 Å². The van der Waals surface area contributed by atoms with E-state index in [9.17, 15) is 18.0 Å². The predicted molar refractivity (Wildman–Crippen MR) is 99.2 cm³/mol. The molecule has 1 amide bonds. The average molecular weight is 405 g/mol. The molecule has 0 aliphatic heterocycles. The van der Waals surface area contributed by atoms with Crippen LogP contribution in [0.5, 0.6) is 0 Å². The van der Waals surface area contributed by atoms with Crippen LogP contribution in [0.3, 0.4) is 0 Å². The Bertz CT molecular complexity index is 749. The number of esters is 1. The first-order valence-corrected chi connectivity index (χ1v) is 10.1. The smallest absolute Gasteiger partial charge is 0.325 e. The molecule has 0 saturated heterocycles. The first-order chi connectivity index (χ1) is 11.9.